The zero-order valence-corrected chi connectivity index (χ0v) is 7.95. The second kappa shape index (κ2) is 2.88. The molecule has 2 heterocycles. The predicted molar refractivity (Wildman–Crippen MR) is 55.0 cm³/mol. The van der Waals surface area contributed by atoms with Crippen molar-refractivity contribution in [3.05, 3.63) is 30.6 Å². The van der Waals surface area contributed by atoms with Crippen LogP contribution in [0, 0.1) is 0 Å². The fourth-order valence-electron chi connectivity index (χ4n) is 1.35. The fraction of sp³-hybridized carbons (Fsp3) is 0. The van der Waals surface area contributed by atoms with Crippen LogP contribution in [0.2, 0.25) is 0 Å². The lowest BCUT2D eigenvalue weighted by atomic mass is 10.2. The molecule has 0 saturated carbocycles. The Hall–Kier alpha value is -1.75. The number of imidazole rings is 1. The van der Waals surface area contributed by atoms with Crippen molar-refractivity contribution in [1.82, 2.24) is 19.6 Å². The normalized spacial score (nSPS) is 10.9. The molecule has 0 fully saturated rings. The summed E-state index contributed by atoms with van der Waals surface area (Å²) in [4.78, 5) is 7.23. The van der Waals surface area contributed by atoms with Crippen LogP contribution in [-0.2, 0) is 0 Å². The van der Waals surface area contributed by atoms with Crippen molar-refractivity contribution >= 4 is 21.7 Å². The average Bonchev–Trinajstić information content (AvgIpc) is 2.88. The Morgan fingerprint density at radius 2 is 2.29 bits per heavy atom. The molecule has 4 nitrogen and oxygen atoms in total. The van der Waals surface area contributed by atoms with Gasteiger partial charge in [-0.3, -0.25) is 0 Å². The minimum atomic E-state index is 0.861. The summed E-state index contributed by atoms with van der Waals surface area (Å²) >= 11 is 1.40. The standard InChI is InChI=1S/C9H6N4S/c1-2-8-7(12-13-14-8)5-6(1)9-10-3-4-11-9/h1-5H,(H,10,11). The summed E-state index contributed by atoms with van der Waals surface area (Å²) in [5.74, 6) is 0.861. The van der Waals surface area contributed by atoms with Gasteiger partial charge in [-0.05, 0) is 29.7 Å². The second-order valence-corrected chi connectivity index (χ2v) is 3.68. The summed E-state index contributed by atoms with van der Waals surface area (Å²) in [6.07, 6.45) is 3.54. The van der Waals surface area contributed by atoms with Crippen LogP contribution >= 0.6 is 11.5 Å². The Kier molecular flexibility index (Phi) is 1.57. The largest absolute Gasteiger partial charge is 0.345 e. The van der Waals surface area contributed by atoms with Crippen molar-refractivity contribution in [2.75, 3.05) is 0 Å². The Balaban J connectivity index is 2.23. The summed E-state index contributed by atoms with van der Waals surface area (Å²) in [6, 6.07) is 6.01. The van der Waals surface area contributed by atoms with Gasteiger partial charge in [0.05, 0.1) is 4.70 Å². The van der Waals surface area contributed by atoms with E-state index in [4.69, 9.17) is 0 Å². The van der Waals surface area contributed by atoms with E-state index in [-0.39, 0.29) is 0 Å². The van der Waals surface area contributed by atoms with Crippen molar-refractivity contribution in [2.45, 2.75) is 0 Å². The van der Waals surface area contributed by atoms with Crippen LogP contribution < -0.4 is 0 Å². The maximum Gasteiger partial charge on any atom is 0.137 e. The van der Waals surface area contributed by atoms with Crippen molar-refractivity contribution in [3.8, 4) is 11.4 Å². The number of hydrogen-bond acceptors (Lipinski definition) is 4. The molecule has 0 aliphatic heterocycles. The Bertz CT molecular complexity index is 555. The quantitative estimate of drug-likeness (QED) is 0.657. The van der Waals surface area contributed by atoms with Gasteiger partial charge in [0.25, 0.3) is 0 Å². The molecule has 1 N–H and O–H groups in total. The molecule has 14 heavy (non-hydrogen) atoms. The highest BCUT2D eigenvalue weighted by molar-refractivity contribution is 7.12. The van der Waals surface area contributed by atoms with Gasteiger partial charge >= 0.3 is 0 Å². The Morgan fingerprint density at radius 3 is 3.14 bits per heavy atom. The van der Waals surface area contributed by atoms with Gasteiger partial charge in [-0.15, -0.1) is 5.10 Å². The summed E-state index contributed by atoms with van der Waals surface area (Å²) < 4.78 is 4.98. The average molecular weight is 202 g/mol. The van der Waals surface area contributed by atoms with Gasteiger partial charge < -0.3 is 4.98 Å². The molecule has 0 spiro atoms. The first kappa shape index (κ1) is 7.64. The van der Waals surface area contributed by atoms with Gasteiger partial charge in [-0.2, -0.15) is 0 Å². The number of nitrogens with one attached hydrogen (secondary N) is 1. The smallest absolute Gasteiger partial charge is 0.137 e. The molecule has 0 saturated heterocycles. The fourth-order valence-corrected chi connectivity index (χ4v) is 1.89. The SMILES string of the molecule is c1c[nH]c(-c2ccc3snnc3c2)n1. The van der Waals surface area contributed by atoms with E-state index in [2.05, 4.69) is 19.6 Å². The van der Waals surface area contributed by atoms with Gasteiger partial charge in [0.2, 0.25) is 0 Å². The summed E-state index contributed by atoms with van der Waals surface area (Å²) in [7, 11) is 0. The Morgan fingerprint density at radius 1 is 1.29 bits per heavy atom. The van der Waals surface area contributed by atoms with Crippen molar-refractivity contribution < 1.29 is 0 Å². The number of rotatable bonds is 1. The molecule has 5 heteroatoms. The highest BCUT2D eigenvalue weighted by Crippen LogP contribution is 2.21. The van der Waals surface area contributed by atoms with Crippen LogP contribution in [0.1, 0.15) is 0 Å². The van der Waals surface area contributed by atoms with Gasteiger partial charge in [0.15, 0.2) is 0 Å². The minimum absolute atomic E-state index is 0.861. The van der Waals surface area contributed by atoms with E-state index in [0.29, 0.717) is 0 Å². The van der Waals surface area contributed by atoms with E-state index in [1.807, 2.05) is 18.2 Å². The third kappa shape index (κ3) is 1.10. The first-order valence-corrected chi connectivity index (χ1v) is 4.93. The summed E-state index contributed by atoms with van der Waals surface area (Å²) in [5.41, 5.74) is 1.96. The Labute approximate surface area is 83.8 Å². The highest BCUT2D eigenvalue weighted by Gasteiger charge is 2.03. The molecule has 0 unspecified atom stereocenters. The molecular weight excluding hydrogens is 196 g/mol. The maximum absolute atomic E-state index is 4.18. The number of fused-ring (bicyclic) bond motifs is 1. The molecule has 1 aromatic carbocycles. The predicted octanol–water partition coefficient (Wildman–Crippen LogP) is 2.08. The summed E-state index contributed by atoms with van der Waals surface area (Å²) in [5, 5.41) is 4.02. The van der Waals surface area contributed by atoms with Gasteiger partial charge in [-0.25, -0.2) is 4.98 Å². The third-order valence-corrected chi connectivity index (χ3v) is 2.72. The topological polar surface area (TPSA) is 54.5 Å². The first-order chi connectivity index (χ1) is 6.93. The first-order valence-electron chi connectivity index (χ1n) is 4.15. The number of hydrogen-bond donors (Lipinski definition) is 1. The van der Waals surface area contributed by atoms with Crippen LogP contribution in [-0.4, -0.2) is 19.6 Å². The van der Waals surface area contributed by atoms with Crippen LogP contribution in [0.5, 0.6) is 0 Å². The third-order valence-electron chi connectivity index (χ3n) is 2.02. The van der Waals surface area contributed by atoms with Gasteiger partial charge in [0, 0.05) is 18.0 Å². The molecule has 0 aliphatic carbocycles. The zero-order valence-electron chi connectivity index (χ0n) is 7.14. The number of aromatic nitrogens is 4. The number of H-pyrrole nitrogens is 1. The monoisotopic (exact) mass is 202 g/mol. The van der Waals surface area contributed by atoms with Crippen LogP contribution in [0.25, 0.3) is 21.6 Å². The lowest BCUT2D eigenvalue weighted by Crippen LogP contribution is -1.79. The zero-order chi connectivity index (χ0) is 9.38. The molecule has 0 atom stereocenters. The highest BCUT2D eigenvalue weighted by atomic mass is 32.1. The molecule has 3 aromatic rings. The van der Waals surface area contributed by atoms with Crippen molar-refractivity contribution in [1.29, 1.82) is 0 Å². The number of benzene rings is 1. The van der Waals surface area contributed by atoms with Gasteiger partial charge in [0.1, 0.15) is 11.3 Å². The number of nitrogens with zero attached hydrogens (tertiary/aromatic N) is 3. The molecular formula is C9H6N4S. The molecule has 3 rings (SSSR count). The van der Waals surface area contributed by atoms with Crippen LogP contribution in [0.4, 0.5) is 0 Å². The number of aromatic amines is 1. The van der Waals surface area contributed by atoms with E-state index in [1.54, 1.807) is 12.4 Å². The van der Waals surface area contributed by atoms with E-state index in [1.165, 1.54) is 11.5 Å². The molecule has 0 aliphatic rings. The van der Waals surface area contributed by atoms with Crippen molar-refractivity contribution in [2.24, 2.45) is 0 Å². The van der Waals surface area contributed by atoms with E-state index in [9.17, 15) is 0 Å². The second-order valence-electron chi connectivity index (χ2n) is 2.89. The maximum atomic E-state index is 4.18. The van der Waals surface area contributed by atoms with Gasteiger partial charge in [-0.1, -0.05) is 4.49 Å². The van der Waals surface area contributed by atoms with Crippen LogP contribution in [0.3, 0.4) is 0 Å². The lowest BCUT2D eigenvalue weighted by molar-refractivity contribution is 1.20. The van der Waals surface area contributed by atoms with Crippen LogP contribution in [0.15, 0.2) is 30.6 Å². The molecule has 0 bridgehead atoms. The molecule has 0 radical (unpaired) electrons. The lowest BCUT2D eigenvalue weighted by Gasteiger charge is -1.94. The molecule has 68 valence electrons. The molecule has 0 amide bonds. The van der Waals surface area contributed by atoms with Crippen molar-refractivity contribution in [3.63, 3.8) is 0 Å². The summed E-state index contributed by atoms with van der Waals surface area (Å²) in [6.45, 7) is 0. The molecule has 2 aromatic heterocycles. The van der Waals surface area contributed by atoms with E-state index in [0.717, 1.165) is 21.6 Å². The minimum Gasteiger partial charge on any atom is -0.345 e. The van der Waals surface area contributed by atoms with E-state index < -0.39 is 0 Å². The van der Waals surface area contributed by atoms with E-state index >= 15 is 0 Å².